The summed E-state index contributed by atoms with van der Waals surface area (Å²) < 4.78 is 26.0. The van der Waals surface area contributed by atoms with Crippen molar-refractivity contribution in [3.63, 3.8) is 0 Å². The quantitative estimate of drug-likeness (QED) is 0.596. The summed E-state index contributed by atoms with van der Waals surface area (Å²) in [5.74, 6) is -1.78. The average Bonchev–Trinajstić information content (AvgIpc) is 3.30. The number of primary amides is 1. The second kappa shape index (κ2) is 6.49. The van der Waals surface area contributed by atoms with Crippen LogP contribution < -0.4 is 10.8 Å². The summed E-state index contributed by atoms with van der Waals surface area (Å²) in [6.45, 7) is 3.36. The van der Waals surface area contributed by atoms with E-state index in [1.807, 2.05) is 0 Å². The van der Waals surface area contributed by atoms with Gasteiger partial charge in [-0.15, -0.1) is 11.3 Å². The highest BCUT2D eigenvalue weighted by Gasteiger charge is 2.37. The molecule has 2 amide bonds. The second-order valence-electron chi connectivity index (χ2n) is 6.30. The lowest BCUT2D eigenvalue weighted by Gasteiger charge is -2.13. The molecule has 1 aromatic heterocycles. The number of thiophene rings is 1. The van der Waals surface area contributed by atoms with E-state index < -0.39 is 21.7 Å². The number of nitrogens with two attached hydrogens (primary N) is 1. The number of amides is 2. The van der Waals surface area contributed by atoms with Gasteiger partial charge in [0.05, 0.1) is 10.5 Å². The molecule has 1 aliphatic rings. The van der Waals surface area contributed by atoms with Crippen LogP contribution in [0.2, 0.25) is 0 Å². The summed E-state index contributed by atoms with van der Waals surface area (Å²) in [6.07, 6.45) is 1.31. The molecular formula is C17H18N2O5S2. The number of aryl methyl sites for hydroxylation is 2. The van der Waals surface area contributed by atoms with Crippen molar-refractivity contribution in [1.29, 1.82) is 0 Å². The Kier molecular flexibility index (Phi) is 4.63. The first kappa shape index (κ1) is 18.6. The summed E-state index contributed by atoms with van der Waals surface area (Å²) in [5.41, 5.74) is 6.26. The number of hydrogen-bond acceptors (Lipinski definition) is 6. The molecule has 0 radical (unpaired) electrons. The Bertz CT molecular complexity index is 986. The Balaban J connectivity index is 2.13. The Hall–Kier alpha value is -2.23. The van der Waals surface area contributed by atoms with E-state index in [0.29, 0.717) is 40.4 Å². The van der Waals surface area contributed by atoms with Gasteiger partial charge in [-0.1, -0.05) is 18.2 Å². The minimum absolute atomic E-state index is 0.141. The van der Waals surface area contributed by atoms with E-state index in [2.05, 4.69) is 0 Å². The molecule has 0 aliphatic heterocycles. The molecule has 7 nitrogen and oxygen atoms in total. The van der Waals surface area contributed by atoms with Crippen molar-refractivity contribution in [2.45, 2.75) is 35.8 Å². The van der Waals surface area contributed by atoms with Crippen LogP contribution in [0.15, 0.2) is 33.4 Å². The third-order valence-corrected chi connectivity index (χ3v) is 7.87. The molecule has 26 heavy (non-hydrogen) atoms. The predicted octanol–water partition coefficient (Wildman–Crippen LogP) is 2.43. The lowest BCUT2D eigenvalue weighted by Crippen LogP contribution is -2.29. The smallest absolute Gasteiger partial charge is 0.254 e. The summed E-state index contributed by atoms with van der Waals surface area (Å²) in [5, 5.41) is 10.4. The van der Waals surface area contributed by atoms with Crippen LogP contribution in [0.1, 0.15) is 34.3 Å². The van der Waals surface area contributed by atoms with E-state index in [9.17, 15) is 23.2 Å². The molecule has 3 N–H and O–H groups in total. The van der Waals surface area contributed by atoms with Crippen LogP contribution in [0.3, 0.4) is 0 Å². The van der Waals surface area contributed by atoms with Gasteiger partial charge in [0.25, 0.3) is 11.8 Å². The van der Waals surface area contributed by atoms with Crippen LogP contribution in [-0.2, 0) is 14.6 Å². The highest BCUT2D eigenvalue weighted by molar-refractivity contribution is 7.93. The summed E-state index contributed by atoms with van der Waals surface area (Å²) >= 11 is 0.655. The standard InChI is InChI=1S/C17H18N2O5S2/c1-9-4-3-5-10(2)14(9)26(23,24)13-8-12(15(18)20)17(25-13)19(22)16(21)11-6-7-11/h3-5,8,11,22H,6-7H2,1-2H3,(H2,18,20). The highest BCUT2D eigenvalue weighted by atomic mass is 32.2. The third-order valence-electron chi connectivity index (χ3n) is 4.23. The maximum absolute atomic E-state index is 13.1. The van der Waals surface area contributed by atoms with Crippen LogP contribution in [0, 0.1) is 19.8 Å². The first-order chi connectivity index (χ1) is 12.1. The molecule has 1 heterocycles. The number of hydrogen-bond donors (Lipinski definition) is 2. The minimum Gasteiger partial charge on any atom is -0.366 e. The lowest BCUT2D eigenvalue weighted by atomic mass is 10.2. The van der Waals surface area contributed by atoms with Crippen LogP contribution in [0.5, 0.6) is 0 Å². The maximum atomic E-state index is 13.1. The van der Waals surface area contributed by atoms with Crippen molar-refractivity contribution in [2.24, 2.45) is 11.7 Å². The minimum atomic E-state index is -3.94. The van der Waals surface area contributed by atoms with Gasteiger partial charge < -0.3 is 5.73 Å². The molecule has 1 aromatic carbocycles. The van der Waals surface area contributed by atoms with Gasteiger partial charge >= 0.3 is 0 Å². The lowest BCUT2D eigenvalue weighted by molar-refractivity contribution is -0.124. The Morgan fingerprint density at radius 3 is 2.31 bits per heavy atom. The molecule has 2 aromatic rings. The Morgan fingerprint density at radius 2 is 1.81 bits per heavy atom. The maximum Gasteiger partial charge on any atom is 0.254 e. The molecule has 3 rings (SSSR count). The van der Waals surface area contributed by atoms with Gasteiger partial charge in [-0.2, -0.15) is 5.06 Å². The second-order valence-corrected chi connectivity index (χ2v) is 9.44. The van der Waals surface area contributed by atoms with E-state index in [-0.39, 0.29) is 25.6 Å². The molecule has 1 fully saturated rings. The van der Waals surface area contributed by atoms with Gasteiger partial charge in [0.1, 0.15) is 9.21 Å². The van der Waals surface area contributed by atoms with Gasteiger partial charge in [0, 0.05) is 5.92 Å². The largest absolute Gasteiger partial charge is 0.366 e. The van der Waals surface area contributed by atoms with Gasteiger partial charge in [-0.05, 0) is 43.9 Å². The predicted molar refractivity (Wildman–Crippen MR) is 96.2 cm³/mol. The Morgan fingerprint density at radius 1 is 1.23 bits per heavy atom. The summed E-state index contributed by atoms with van der Waals surface area (Å²) in [6, 6.07) is 6.23. The van der Waals surface area contributed by atoms with Crippen molar-refractivity contribution in [3.8, 4) is 0 Å². The van der Waals surface area contributed by atoms with Crippen LogP contribution in [0.25, 0.3) is 0 Å². The number of hydroxylamine groups is 1. The number of sulfone groups is 1. The molecule has 138 valence electrons. The third kappa shape index (κ3) is 3.13. The highest BCUT2D eigenvalue weighted by Crippen LogP contribution is 2.40. The van der Waals surface area contributed by atoms with Crippen LogP contribution in [0.4, 0.5) is 5.00 Å². The zero-order chi connectivity index (χ0) is 19.2. The number of rotatable bonds is 5. The fraction of sp³-hybridized carbons (Fsp3) is 0.294. The van der Waals surface area contributed by atoms with E-state index in [1.54, 1.807) is 32.0 Å². The van der Waals surface area contributed by atoms with Crippen molar-refractivity contribution in [2.75, 3.05) is 5.06 Å². The van der Waals surface area contributed by atoms with Crippen molar-refractivity contribution in [3.05, 3.63) is 41.0 Å². The SMILES string of the molecule is Cc1cccc(C)c1S(=O)(=O)c1cc(C(N)=O)c(N(O)C(=O)C2CC2)s1. The fourth-order valence-electron chi connectivity index (χ4n) is 2.75. The molecule has 1 saturated carbocycles. The fourth-order valence-corrected chi connectivity index (χ4v) is 5.95. The molecule has 9 heteroatoms. The molecule has 1 aliphatic carbocycles. The van der Waals surface area contributed by atoms with Crippen LogP contribution >= 0.6 is 11.3 Å². The monoisotopic (exact) mass is 394 g/mol. The Labute approximate surface area is 154 Å². The van der Waals surface area contributed by atoms with Crippen molar-refractivity contribution >= 4 is 38.0 Å². The van der Waals surface area contributed by atoms with Gasteiger partial charge in [-0.3, -0.25) is 14.8 Å². The van der Waals surface area contributed by atoms with E-state index in [1.165, 1.54) is 0 Å². The van der Waals surface area contributed by atoms with Crippen LogP contribution in [-0.4, -0.2) is 25.4 Å². The molecular weight excluding hydrogens is 376 g/mol. The molecule has 0 unspecified atom stereocenters. The van der Waals surface area contributed by atoms with Crippen molar-refractivity contribution in [1.82, 2.24) is 0 Å². The average molecular weight is 394 g/mol. The number of anilines is 1. The topological polar surface area (TPSA) is 118 Å². The van der Waals surface area contributed by atoms with Gasteiger partial charge in [0.15, 0.2) is 0 Å². The first-order valence-corrected chi connectivity index (χ1v) is 10.2. The van der Waals surface area contributed by atoms with Gasteiger partial charge in [0.2, 0.25) is 9.84 Å². The first-order valence-electron chi connectivity index (χ1n) is 7.92. The normalized spacial score (nSPS) is 14.3. The molecule has 0 atom stereocenters. The number of carbonyl (C=O) groups is 2. The number of benzene rings is 1. The van der Waals surface area contributed by atoms with Crippen molar-refractivity contribution < 1.29 is 23.2 Å². The zero-order valence-electron chi connectivity index (χ0n) is 14.2. The molecule has 0 bridgehead atoms. The summed E-state index contributed by atoms with van der Waals surface area (Å²) in [7, 11) is -3.94. The zero-order valence-corrected chi connectivity index (χ0v) is 15.9. The summed E-state index contributed by atoms with van der Waals surface area (Å²) in [4.78, 5) is 24.0. The number of carbonyl (C=O) groups excluding carboxylic acids is 2. The van der Waals surface area contributed by atoms with E-state index in [0.717, 1.165) is 6.07 Å². The molecule has 0 saturated heterocycles. The van der Waals surface area contributed by atoms with E-state index in [4.69, 9.17) is 5.73 Å². The van der Waals surface area contributed by atoms with Gasteiger partial charge in [-0.25, -0.2) is 8.42 Å². The molecule has 0 spiro atoms. The van der Waals surface area contributed by atoms with E-state index >= 15 is 0 Å². The number of nitrogens with zero attached hydrogens (tertiary/aromatic N) is 1.